The van der Waals surface area contributed by atoms with E-state index in [1.807, 2.05) is 17.5 Å². The number of fused-ring (bicyclic) bond motifs is 1. The van der Waals surface area contributed by atoms with E-state index in [-0.39, 0.29) is 11.9 Å². The Hall–Kier alpha value is -2.83. The van der Waals surface area contributed by atoms with Crippen molar-refractivity contribution >= 4 is 17.2 Å². The zero-order chi connectivity index (χ0) is 21.8. The highest BCUT2D eigenvalue weighted by Gasteiger charge is 2.29. The first-order valence-electron chi connectivity index (χ1n) is 10.4. The molecular formula is C25H28N2O3S. The van der Waals surface area contributed by atoms with Crippen LogP contribution in [-0.2, 0) is 13.0 Å². The summed E-state index contributed by atoms with van der Waals surface area (Å²) in [6.45, 7) is 4.39. The summed E-state index contributed by atoms with van der Waals surface area (Å²) < 4.78 is 11.1. The van der Waals surface area contributed by atoms with Crippen LogP contribution in [0.1, 0.15) is 38.0 Å². The van der Waals surface area contributed by atoms with Gasteiger partial charge in [-0.25, -0.2) is 0 Å². The van der Waals surface area contributed by atoms with Gasteiger partial charge in [0.2, 0.25) is 0 Å². The zero-order valence-corrected chi connectivity index (χ0v) is 19.0. The Balaban J connectivity index is 1.64. The maximum Gasteiger partial charge on any atom is 0.261 e. The van der Waals surface area contributed by atoms with Crippen molar-refractivity contribution in [3.8, 4) is 11.5 Å². The quantitative estimate of drug-likeness (QED) is 0.588. The molecule has 162 valence electrons. The Kier molecular flexibility index (Phi) is 6.59. The minimum absolute atomic E-state index is 0.0295. The fourth-order valence-corrected chi connectivity index (χ4v) is 4.88. The lowest BCUT2D eigenvalue weighted by Gasteiger charge is -2.38. The molecule has 6 heteroatoms. The van der Waals surface area contributed by atoms with Crippen molar-refractivity contribution in [2.24, 2.45) is 0 Å². The van der Waals surface area contributed by atoms with Crippen molar-refractivity contribution in [3.05, 3.63) is 81.0 Å². The molecule has 2 heterocycles. The predicted molar refractivity (Wildman–Crippen MR) is 124 cm³/mol. The van der Waals surface area contributed by atoms with E-state index in [0.29, 0.717) is 12.3 Å². The number of carbonyl (C=O) groups is 1. The second-order valence-corrected chi connectivity index (χ2v) is 8.77. The number of hydrogen-bond donors (Lipinski definition) is 1. The molecule has 1 aliphatic heterocycles. The first-order chi connectivity index (χ1) is 15.1. The molecule has 31 heavy (non-hydrogen) atoms. The first-order valence-corrected chi connectivity index (χ1v) is 11.3. The summed E-state index contributed by atoms with van der Waals surface area (Å²) in [5.41, 5.74) is 4.96. The Morgan fingerprint density at radius 3 is 2.65 bits per heavy atom. The van der Waals surface area contributed by atoms with Gasteiger partial charge in [-0.1, -0.05) is 35.9 Å². The molecule has 1 amide bonds. The maximum absolute atomic E-state index is 12.6. The third-order valence-corrected chi connectivity index (χ3v) is 6.65. The van der Waals surface area contributed by atoms with Gasteiger partial charge in [0.05, 0.1) is 25.1 Å². The Bertz CT molecular complexity index is 1050. The van der Waals surface area contributed by atoms with Crippen molar-refractivity contribution in [3.63, 3.8) is 0 Å². The van der Waals surface area contributed by atoms with Crippen LogP contribution in [0, 0.1) is 6.92 Å². The lowest BCUT2D eigenvalue weighted by atomic mass is 9.91. The third kappa shape index (κ3) is 4.75. The van der Waals surface area contributed by atoms with Gasteiger partial charge < -0.3 is 14.8 Å². The number of thiophene rings is 1. The van der Waals surface area contributed by atoms with Crippen LogP contribution in [0.15, 0.2) is 53.9 Å². The normalized spacial score (nSPS) is 15.9. The molecule has 1 aliphatic rings. The van der Waals surface area contributed by atoms with Crippen LogP contribution in [0.5, 0.6) is 11.5 Å². The highest BCUT2D eigenvalue weighted by atomic mass is 32.1. The molecule has 0 spiro atoms. The fraction of sp³-hybridized carbons (Fsp3) is 0.320. The number of nitrogens with zero attached hydrogens (tertiary/aromatic N) is 1. The second-order valence-electron chi connectivity index (χ2n) is 7.82. The SMILES string of the molecule is COc1cc2c(cc1OC)C(CNC(=O)c1cccs1)N(Cc1cccc(C)c1)CC2. The van der Waals surface area contributed by atoms with E-state index in [1.54, 1.807) is 14.2 Å². The number of benzene rings is 2. The van der Waals surface area contributed by atoms with Crippen LogP contribution in [-0.4, -0.2) is 38.1 Å². The van der Waals surface area contributed by atoms with Gasteiger partial charge in [-0.15, -0.1) is 11.3 Å². The number of carbonyl (C=O) groups excluding carboxylic acids is 1. The number of amides is 1. The second kappa shape index (κ2) is 9.54. The van der Waals surface area contributed by atoms with Crippen LogP contribution >= 0.6 is 11.3 Å². The van der Waals surface area contributed by atoms with E-state index >= 15 is 0 Å². The molecule has 1 aromatic heterocycles. The number of methoxy groups -OCH3 is 2. The van der Waals surface area contributed by atoms with Gasteiger partial charge in [0.15, 0.2) is 11.5 Å². The molecule has 2 aromatic carbocycles. The zero-order valence-electron chi connectivity index (χ0n) is 18.2. The van der Waals surface area contributed by atoms with Crippen molar-refractivity contribution in [1.29, 1.82) is 0 Å². The van der Waals surface area contributed by atoms with E-state index in [0.717, 1.165) is 30.1 Å². The molecule has 0 saturated heterocycles. The molecule has 3 aromatic rings. The van der Waals surface area contributed by atoms with Crippen LogP contribution in [0.2, 0.25) is 0 Å². The van der Waals surface area contributed by atoms with Crippen molar-refractivity contribution in [2.45, 2.75) is 25.9 Å². The highest BCUT2D eigenvalue weighted by Crippen LogP contribution is 2.38. The van der Waals surface area contributed by atoms with Gasteiger partial charge in [0.25, 0.3) is 5.91 Å². The van der Waals surface area contributed by atoms with Gasteiger partial charge in [0, 0.05) is 19.6 Å². The minimum atomic E-state index is -0.0295. The van der Waals surface area contributed by atoms with E-state index < -0.39 is 0 Å². The number of aryl methyl sites for hydroxylation is 1. The van der Waals surface area contributed by atoms with Gasteiger partial charge in [-0.3, -0.25) is 9.69 Å². The molecule has 0 fully saturated rings. The van der Waals surface area contributed by atoms with Crippen molar-refractivity contribution in [1.82, 2.24) is 10.2 Å². The standard InChI is InChI=1S/C25H28N2O3S/c1-17-6-4-7-18(12-17)16-27-10-9-19-13-22(29-2)23(30-3)14-20(19)21(27)15-26-25(28)24-8-5-11-31-24/h4-8,11-14,21H,9-10,15-16H2,1-3H3,(H,26,28). The van der Waals surface area contributed by atoms with Gasteiger partial charge >= 0.3 is 0 Å². The minimum Gasteiger partial charge on any atom is -0.493 e. The van der Waals surface area contributed by atoms with Crippen molar-refractivity contribution in [2.75, 3.05) is 27.3 Å². The largest absolute Gasteiger partial charge is 0.493 e. The summed E-state index contributed by atoms with van der Waals surface area (Å²) in [6, 6.07) is 16.6. The summed E-state index contributed by atoms with van der Waals surface area (Å²) in [5.74, 6) is 1.43. The lowest BCUT2D eigenvalue weighted by molar-refractivity contribution is 0.0930. The van der Waals surface area contributed by atoms with Crippen LogP contribution in [0.4, 0.5) is 0 Å². The van der Waals surface area contributed by atoms with Gasteiger partial charge in [0.1, 0.15) is 0 Å². The monoisotopic (exact) mass is 436 g/mol. The number of rotatable bonds is 7. The van der Waals surface area contributed by atoms with Crippen LogP contribution in [0.3, 0.4) is 0 Å². The highest BCUT2D eigenvalue weighted by molar-refractivity contribution is 7.12. The third-order valence-electron chi connectivity index (χ3n) is 5.78. The molecule has 0 saturated carbocycles. The van der Waals surface area contributed by atoms with Gasteiger partial charge in [-0.2, -0.15) is 0 Å². The number of hydrogen-bond acceptors (Lipinski definition) is 5. The predicted octanol–water partition coefficient (Wildman–Crippen LogP) is 4.60. The van der Waals surface area contributed by atoms with Crippen LogP contribution in [0.25, 0.3) is 0 Å². The maximum atomic E-state index is 12.6. The van der Waals surface area contributed by atoms with E-state index in [2.05, 4.69) is 53.5 Å². The molecule has 1 unspecified atom stereocenters. The molecule has 1 N–H and O–H groups in total. The topological polar surface area (TPSA) is 50.8 Å². The molecule has 0 aliphatic carbocycles. The lowest BCUT2D eigenvalue weighted by Crippen LogP contribution is -2.41. The van der Waals surface area contributed by atoms with Crippen LogP contribution < -0.4 is 14.8 Å². The van der Waals surface area contributed by atoms with Crippen molar-refractivity contribution < 1.29 is 14.3 Å². The summed E-state index contributed by atoms with van der Waals surface area (Å²) >= 11 is 1.46. The Morgan fingerprint density at radius 2 is 1.94 bits per heavy atom. The van der Waals surface area contributed by atoms with Gasteiger partial charge in [-0.05, 0) is 53.6 Å². The van der Waals surface area contributed by atoms with E-state index in [4.69, 9.17) is 9.47 Å². The molecular weight excluding hydrogens is 408 g/mol. The molecule has 1 atom stereocenters. The molecule has 0 bridgehead atoms. The summed E-state index contributed by atoms with van der Waals surface area (Å²) in [5, 5.41) is 5.07. The summed E-state index contributed by atoms with van der Waals surface area (Å²) in [6.07, 6.45) is 0.927. The summed E-state index contributed by atoms with van der Waals surface area (Å²) in [4.78, 5) is 15.8. The Morgan fingerprint density at radius 1 is 1.13 bits per heavy atom. The molecule has 0 radical (unpaired) electrons. The first kappa shape index (κ1) is 21.4. The molecule has 4 rings (SSSR count). The number of ether oxygens (including phenoxy) is 2. The number of nitrogens with one attached hydrogen (secondary N) is 1. The average molecular weight is 437 g/mol. The summed E-state index contributed by atoms with van der Waals surface area (Å²) in [7, 11) is 3.32. The fourth-order valence-electron chi connectivity index (χ4n) is 4.24. The van der Waals surface area contributed by atoms with E-state index in [9.17, 15) is 4.79 Å². The Labute approximate surface area is 187 Å². The molecule has 5 nitrogen and oxygen atoms in total. The van der Waals surface area contributed by atoms with E-state index in [1.165, 1.54) is 33.6 Å². The smallest absolute Gasteiger partial charge is 0.261 e. The average Bonchev–Trinajstić information content (AvgIpc) is 3.32.